The molecule has 2 saturated heterocycles. The number of aromatic amines is 1. The lowest BCUT2D eigenvalue weighted by Crippen LogP contribution is -2.60. The molecule has 11 heteroatoms. The van der Waals surface area contributed by atoms with Gasteiger partial charge in [0.05, 0.1) is 11.8 Å². The Morgan fingerprint density at radius 2 is 1.85 bits per heavy atom. The number of anilines is 1. The zero-order valence-corrected chi connectivity index (χ0v) is 22.8. The second-order valence-electron chi connectivity index (χ2n) is 10.2. The fourth-order valence-corrected chi connectivity index (χ4v) is 5.24. The summed E-state index contributed by atoms with van der Waals surface area (Å²) in [5.41, 5.74) is 2.44. The SMILES string of the molecule is CO[C@@H]1[C@@H](OC(=O)c2ccc(C)[nH]2)[C@@H](O)[C@H](Oc2ccc3c(N4CCN(C)CC4)cc(=O)oc3c2C)O[C@H]1C. The summed E-state index contributed by atoms with van der Waals surface area (Å²) in [6, 6.07) is 8.51. The fourth-order valence-electron chi connectivity index (χ4n) is 5.24. The average Bonchev–Trinajstić information content (AvgIpc) is 3.35. The Labute approximate surface area is 226 Å². The molecule has 0 radical (unpaired) electrons. The number of fused-ring (bicyclic) bond motifs is 1. The van der Waals surface area contributed by atoms with Crippen LogP contribution in [-0.2, 0) is 14.2 Å². The van der Waals surface area contributed by atoms with Gasteiger partial charge in [-0.2, -0.15) is 0 Å². The van der Waals surface area contributed by atoms with Crippen molar-refractivity contribution in [2.24, 2.45) is 0 Å². The van der Waals surface area contributed by atoms with Gasteiger partial charge < -0.3 is 43.3 Å². The summed E-state index contributed by atoms with van der Waals surface area (Å²) in [5.74, 6) is -0.250. The van der Waals surface area contributed by atoms with Crippen molar-refractivity contribution >= 4 is 22.6 Å². The van der Waals surface area contributed by atoms with Gasteiger partial charge in [-0.3, -0.25) is 0 Å². The highest BCUT2D eigenvalue weighted by Crippen LogP contribution is 2.35. The number of hydrogen-bond donors (Lipinski definition) is 2. The Morgan fingerprint density at radius 3 is 2.51 bits per heavy atom. The summed E-state index contributed by atoms with van der Waals surface area (Å²) in [4.78, 5) is 32.7. The van der Waals surface area contributed by atoms with Crippen molar-refractivity contribution in [1.82, 2.24) is 9.88 Å². The molecule has 0 bridgehead atoms. The number of benzene rings is 1. The molecule has 0 amide bonds. The van der Waals surface area contributed by atoms with Crippen LogP contribution in [0.2, 0.25) is 0 Å². The minimum Gasteiger partial charge on any atom is -0.462 e. The van der Waals surface area contributed by atoms with Crippen molar-refractivity contribution in [2.75, 3.05) is 45.2 Å². The molecule has 0 unspecified atom stereocenters. The van der Waals surface area contributed by atoms with Gasteiger partial charge in [0.1, 0.15) is 23.1 Å². The van der Waals surface area contributed by atoms with Gasteiger partial charge in [-0.1, -0.05) is 0 Å². The normalized spacial score (nSPS) is 26.1. The summed E-state index contributed by atoms with van der Waals surface area (Å²) in [6.07, 6.45) is -4.86. The number of nitrogens with zero attached hydrogens (tertiary/aromatic N) is 2. The van der Waals surface area contributed by atoms with Crippen molar-refractivity contribution < 1.29 is 33.3 Å². The molecule has 39 heavy (non-hydrogen) atoms. The highest BCUT2D eigenvalue weighted by molar-refractivity contribution is 5.93. The first kappa shape index (κ1) is 27.2. The van der Waals surface area contributed by atoms with Gasteiger partial charge in [0.25, 0.3) is 0 Å². The number of likely N-dealkylation sites (N-methyl/N-ethyl adjacent to an activating group) is 1. The van der Waals surface area contributed by atoms with E-state index in [0.717, 1.165) is 42.9 Å². The first-order chi connectivity index (χ1) is 18.7. The zero-order chi connectivity index (χ0) is 27.8. The van der Waals surface area contributed by atoms with Gasteiger partial charge in [-0.25, -0.2) is 9.59 Å². The van der Waals surface area contributed by atoms with E-state index < -0.39 is 42.3 Å². The highest BCUT2D eigenvalue weighted by atomic mass is 16.7. The smallest absolute Gasteiger partial charge is 0.355 e. The minimum atomic E-state index is -1.36. The second-order valence-corrected chi connectivity index (χ2v) is 10.2. The number of rotatable bonds is 6. The lowest BCUT2D eigenvalue weighted by atomic mass is 9.99. The molecule has 1 aromatic carbocycles. The molecule has 0 aliphatic carbocycles. The Morgan fingerprint density at radius 1 is 1.10 bits per heavy atom. The van der Waals surface area contributed by atoms with E-state index in [4.69, 9.17) is 23.4 Å². The third-order valence-corrected chi connectivity index (χ3v) is 7.49. The predicted octanol–water partition coefficient (Wildman–Crippen LogP) is 2.21. The van der Waals surface area contributed by atoms with Crippen LogP contribution in [0.3, 0.4) is 0 Å². The van der Waals surface area contributed by atoms with E-state index in [2.05, 4.69) is 21.8 Å². The summed E-state index contributed by atoms with van der Waals surface area (Å²) in [7, 11) is 3.54. The molecule has 4 heterocycles. The molecule has 0 spiro atoms. The highest BCUT2D eigenvalue weighted by Gasteiger charge is 2.48. The van der Waals surface area contributed by atoms with Gasteiger partial charge in [0, 0.05) is 56.0 Å². The molecule has 2 N–H and O–H groups in total. The summed E-state index contributed by atoms with van der Waals surface area (Å²) in [6.45, 7) is 8.76. The number of piperazine rings is 1. The first-order valence-electron chi connectivity index (χ1n) is 13.1. The van der Waals surface area contributed by atoms with E-state index in [9.17, 15) is 14.7 Å². The molecule has 2 fully saturated rings. The Kier molecular flexibility index (Phi) is 7.68. The van der Waals surface area contributed by atoms with Crippen LogP contribution in [0.4, 0.5) is 5.69 Å². The molecule has 0 saturated carbocycles. The van der Waals surface area contributed by atoms with E-state index in [-0.39, 0.29) is 5.69 Å². The molecule has 210 valence electrons. The number of carbonyl (C=O) groups excluding carboxylic acids is 1. The predicted molar refractivity (Wildman–Crippen MR) is 143 cm³/mol. The molecule has 11 nitrogen and oxygen atoms in total. The van der Waals surface area contributed by atoms with Crippen LogP contribution in [-0.4, -0.2) is 92.0 Å². The summed E-state index contributed by atoms with van der Waals surface area (Å²) in [5, 5.41) is 12.0. The van der Waals surface area contributed by atoms with Crippen LogP contribution >= 0.6 is 0 Å². The molecule has 2 aliphatic heterocycles. The van der Waals surface area contributed by atoms with Gasteiger partial charge >= 0.3 is 11.6 Å². The van der Waals surface area contributed by atoms with Crippen LogP contribution in [0.1, 0.15) is 28.7 Å². The number of methoxy groups -OCH3 is 1. The lowest BCUT2D eigenvalue weighted by molar-refractivity contribution is -0.272. The number of carbonyl (C=O) groups is 1. The average molecular weight is 542 g/mol. The van der Waals surface area contributed by atoms with E-state index in [0.29, 0.717) is 16.9 Å². The van der Waals surface area contributed by atoms with Crippen LogP contribution in [0.25, 0.3) is 11.0 Å². The maximum atomic E-state index is 12.8. The fraction of sp³-hybridized carbons (Fsp3) is 0.500. The van der Waals surface area contributed by atoms with Crippen molar-refractivity contribution in [3.05, 3.63) is 57.7 Å². The molecule has 3 aromatic rings. The maximum Gasteiger partial charge on any atom is 0.355 e. The van der Waals surface area contributed by atoms with Crippen LogP contribution < -0.4 is 15.3 Å². The molecule has 2 aromatic heterocycles. The number of aliphatic hydroxyl groups excluding tert-OH is 1. The minimum absolute atomic E-state index is 0.266. The Bertz CT molecular complexity index is 1390. The number of H-pyrrole nitrogens is 1. The summed E-state index contributed by atoms with van der Waals surface area (Å²) >= 11 is 0. The number of aromatic nitrogens is 1. The van der Waals surface area contributed by atoms with Gasteiger partial charge in [-0.15, -0.1) is 0 Å². The van der Waals surface area contributed by atoms with Gasteiger partial charge in [0.2, 0.25) is 6.29 Å². The van der Waals surface area contributed by atoms with E-state index in [1.165, 1.54) is 13.2 Å². The molecule has 5 rings (SSSR count). The lowest BCUT2D eigenvalue weighted by Gasteiger charge is -2.42. The van der Waals surface area contributed by atoms with Crippen LogP contribution in [0, 0.1) is 13.8 Å². The quantitative estimate of drug-likeness (QED) is 0.354. The van der Waals surface area contributed by atoms with Crippen molar-refractivity contribution in [3.63, 3.8) is 0 Å². The van der Waals surface area contributed by atoms with Crippen molar-refractivity contribution in [1.29, 1.82) is 0 Å². The number of ether oxygens (including phenoxy) is 4. The Balaban J connectivity index is 1.41. The molecule has 2 aliphatic rings. The van der Waals surface area contributed by atoms with E-state index in [1.807, 2.05) is 13.0 Å². The second kappa shape index (κ2) is 11.0. The number of esters is 1. The molecular weight excluding hydrogens is 506 g/mol. The third kappa shape index (κ3) is 5.40. The molecular formula is C28H35N3O8. The van der Waals surface area contributed by atoms with Crippen LogP contribution in [0.15, 0.2) is 39.5 Å². The van der Waals surface area contributed by atoms with Gasteiger partial charge in [0.15, 0.2) is 12.2 Å². The number of aryl methyl sites for hydroxylation is 2. The zero-order valence-electron chi connectivity index (χ0n) is 22.8. The van der Waals surface area contributed by atoms with E-state index >= 15 is 0 Å². The van der Waals surface area contributed by atoms with Gasteiger partial charge in [-0.05, 0) is 52.1 Å². The maximum absolute atomic E-state index is 12.8. The Hall–Kier alpha value is -3.38. The summed E-state index contributed by atoms with van der Waals surface area (Å²) < 4.78 is 28.9. The van der Waals surface area contributed by atoms with Crippen molar-refractivity contribution in [3.8, 4) is 5.75 Å². The number of hydrogen-bond acceptors (Lipinski definition) is 10. The standard InChI is InChI=1S/C28H35N3O8/c1-15-6-8-19(29-15)27(34)39-26-23(33)28(36-17(3)25(26)35-5)37-21-9-7-18-20(31-12-10-30(4)11-13-31)14-22(32)38-24(18)16(21)2/h6-9,14,17,23,25-26,28-29,33H,10-13H2,1-5H3/t17-,23+,25-,26-,28-/m0/s1. The van der Waals surface area contributed by atoms with Crippen LogP contribution in [0.5, 0.6) is 5.75 Å². The van der Waals surface area contributed by atoms with Crippen molar-refractivity contribution in [2.45, 2.75) is 51.5 Å². The monoisotopic (exact) mass is 541 g/mol. The topological polar surface area (TPSA) is 127 Å². The molecule has 5 atom stereocenters. The first-order valence-corrected chi connectivity index (χ1v) is 13.1. The number of aliphatic hydroxyl groups is 1. The van der Waals surface area contributed by atoms with E-state index in [1.54, 1.807) is 32.0 Å². The number of nitrogens with one attached hydrogen (secondary N) is 1. The third-order valence-electron chi connectivity index (χ3n) is 7.49. The largest absolute Gasteiger partial charge is 0.462 e.